The van der Waals surface area contributed by atoms with E-state index in [0.29, 0.717) is 5.88 Å². The SMILES string of the molecule is Br.COc1ccc(Nc2nc(-c3ccccn3)cs2)cn1.O. The average Bonchev–Trinajstić information content (AvgIpc) is 2.97. The normalized spacial score (nSPS) is 9.32. The minimum absolute atomic E-state index is 0. The summed E-state index contributed by atoms with van der Waals surface area (Å²) >= 11 is 1.53. The molecule has 3 N–H and O–H groups in total. The Balaban J connectivity index is 0.00000121. The van der Waals surface area contributed by atoms with Gasteiger partial charge in [0.25, 0.3) is 0 Å². The molecule has 0 radical (unpaired) electrons. The smallest absolute Gasteiger partial charge is 0.213 e. The molecule has 3 aromatic heterocycles. The molecule has 8 heteroatoms. The van der Waals surface area contributed by atoms with Gasteiger partial charge in [-0.1, -0.05) is 6.07 Å². The summed E-state index contributed by atoms with van der Waals surface area (Å²) in [5.74, 6) is 0.587. The third-order valence-corrected chi connectivity index (χ3v) is 3.39. The van der Waals surface area contributed by atoms with Gasteiger partial charge in [-0.15, -0.1) is 28.3 Å². The summed E-state index contributed by atoms with van der Waals surface area (Å²) < 4.78 is 5.02. The zero-order valence-corrected chi connectivity index (χ0v) is 14.2. The van der Waals surface area contributed by atoms with E-state index in [9.17, 15) is 0 Å². The van der Waals surface area contributed by atoms with E-state index in [4.69, 9.17) is 4.74 Å². The molecule has 3 heterocycles. The number of hydrogen-bond donors (Lipinski definition) is 1. The van der Waals surface area contributed by atoms with Crippen LogP contribution < -0.4 is 10.1 Å². The highest BCUT2D eigenvalue weighted by Crippen LogP contribution is 2.26. The number of aromatic nitrogens is 3. The van der Waals surface area contributed by atoms with Crippen LogP contribution in [-0.4, -0.2) is 27.5 Å². The van der Waals surface area contributed by atoms with Crippen LogP contribution in [0.5, 0.6) is 5.88 Å². The molecule has 0 spiro atoms. The molecule has 0 amide bonds. The molecular weight excluding hydrogens is 368 g/mol. The van der Waals surface area contributed by atoms with Crippen LogP contribution in [0.1, 0.15) is 0 Å². The molecule has 0 saturated carbocycles. The fourth-order valence-electron chi connectivity index (χ4n) is 1.66. The van der Waals surface area contributed by atoms with Crippen LogP contribution in [0.2, 0.25) is 0 Å². The first-order valence-corrected chi connectivity index (χ1v) is 6.87. The summed E-state index contributed by atoms with van der Waals surface area (Å²) in [6.45, 7) is 0. The maximum atomic E-state index is 5.02. The summed E-state index contributed by atoms with van der Waals surface area (Å²) in [7, 11) is 1.59. The van der Waals surface area contributed by atoms with Gasteiger partial charge in [-0.25, -0.2) is 9.97 Å². The van der Waals surface area contributed by atoms with Crippen molar-refractivity contribution in [3.63, 3.8) is 0 Å². The lowest BCUT2D eigenvalue weighted by atomic mass is 10.3. The van der Waals surface area contributed by atoms with Crippen molar-refractivity contribution in [1.29, 1.82) is 0 Å². The van der Waals surface area contributed by atoms with Crippen molar-refractivity contribution in [1.82, 2.24) is 15.0 Å². The zero-order valence-electron chi connectivity index (χ0n) is 11.7. The summed E-state index contributed by atoms with van der Waals surface area (Å²) in [4.78, 5) is 12.9. The van der Waals surface area contributed by atoms with Gasteiger partial charge < -0.3 is 15.5 Å². The van der Waals surface area contributed by atoms with E-state index in [1.54, 1.807) is 25.6 Å². The highest BCUT2D eigenvalue weighted by molar-refractivity contribution is 8.93. The van der Waals surface area contributed by atoms with Crippen LogP contribution in [0, 0.1) is 0 Å². The van der Waals surface area contributed by atoms with Crippen LogP contribution in [-0.2, 0) is 0 Å². The van der Waals surface area contributed by atoms with Gasteiger partial charge in [0.15, 0.2) is 5.13 Å². The monoisotopic (exact) mass is 382 g/mol. The maximum absolute atomic E-state index is 5.02. The first-order chi connectivity index (χ1) is 9.85. The number of halogens is 1. The van der Waals surface area contributed by atoms with Gasteiger partial charge in [0, 0.05) is 17.6 Å². The lowest BCUT2D eigenvalue weighted by molar-refractivity contribution is 0.398. The molecule has 0 aliphatic heterocycles. The number of methoxy groups -OCH3 is 1. The van der Waals surface area contributed by atoms with Gasteiger partial charge in [-0.2, -0.15) is 0 Å². The van der Waals surface area contributed by atoms with Crippen LogP contribution in [0.3, 0.4) is 0 Å². The Labute approximate surface area is 142 Å². The number of nitrogens with one attached hydrogen (secondary N) is 1. The Hall–Kier alpha value is -2.03. The Morgan fingerprint density at radius 1 is 1.09 bits per heavy atom. The van der Waals surface area contributed by atoms with Gasteiger partial charge in [0.1, 0.15) is 5.69 Å². The minimum Gasteiger partial charge on any atom is -0.481 e. The third kappa shape index (κ3) is 4.23. The minimum atomic E-state index is 0. The van der Waals surface area contributed by atoms with Gasteiger partial charge >= 0.3 is 0 Å². The van der Waals surface area contributed by atoms with Gasteiger partial charge in [-0.3, -0.25) is 4.98 Å². The van der Waals surface area contributed by atoms with E-state index in [-0.39, 0.29) is 22.5 Å². The lowest BCUT2D eigenvalue weighted by Crippen LogP contribution is -1.92. The highest BCUT2D eigenvalue weighted by atomic mass is 79.9. The van der Waals surface area contributed by atoms with E-state index in [1.807, 2.05) is 29.6 Å². The van der Waals surface area contributed by atoms with Crippen molar-refractivity contribution in [2.75, 3.05) is 12.4 Å². The molecule has 6 nitrogen and oxygen atoms in total. The van der Waals surface area contributed by atoms with Crippen molar-refractivity contribution in [2.45, 2.75) is 0 Å². The fraction of sp³-hybridized carbons (Fsp3) is 0.0714. The Bertz CT molecular complexity index is 692. The number of thiazole rings is 1. The van der Waals surface area contributed by atoms with Gasteiger partial charge in [0.2, 0.25) is 5.88 Å². The second-order valence-corrected chi connectivity index (χ2v) is 4.83. The molecule has 116 valence electrons. The maximum Gasteiger partial charge on any atom is 0.213 e. The van der Waals surface area contributed by atoms with Crippen molar-refractivity contribution in [3.05, 3.63) is 48.1 Å². The third-order valence-electron chi connectivity index (χ3n) is 2.63. The number of ether oxygens (including phenoxy) is 1. The molecule has 3 aromatic rings. The molecule has 0 aliphatic carbocycles. The summed E-state index contributed by atoms with van der Waals surface area (Å²) in [6, 6.07) is 9.47. The summed E-state index contributed by atoms with van der Waals surface area (Å²) in [6.07, 6.45) is 3.47. The number of rotatable bonds is 4. The fourth-order valence-corrected chi connectivity index (χ4v) is 2.39. The Morgan fingerprint density at radius 3 is 2.59 bits per heavy atom. The Kier molecular flexibility index (Phi) is 6.90. The van der Waals surface area contributed by atoms with E-state index in [2.05, 4.69) is 20.3 Å². The van der Waals surface area contributed by atoms with Crippen LogP contribution in [0.4, 0.5) is 10.8 Å². The van der Waals surface area contributed by atoms with Crippen molar-refractivity contribution < 1.29 is 10.2 Å². The number of hydrogen-bond acceptors (Lipinski definition) is 6. The molecule has 0 atom stereocenters. The van der Waals surface area contributed by atoms with E-state index in [0.717, 1.165) is 22.2 Å². The van der Waals surface area contributed by atoms with Crippen molar-refractivity contribution >= 4 is 39.1 Å². The van der Waals surface area contributed by atoms with Crippen molar-refractivity contribution in [3.8, 4) is 17.3 Å². The van der Waals surface area contributed by atoms with Crippen LogP contribution in [0.15, 0.2) is 48.1 Å². The molecule has 0 aromatic carbocycles. The zero-order chi connectivity index (χ0) is 13.8. The second kappa shape index (κ2) is 8.42. The van der Waals surface area contributed by atoms with Gasteiger partial charge in [0.05, 0.1) is 24.7 Å². The average molecular weight is 383 g/mol. The van der Waals surface area contributed by atoms with Crippen molar-refractivity contribution in [2.24, 2.45) is 0 Å². The summed E-state index contributed by atoms with van der Waals surface area (Å²) in [5.41, 5.74) is 2.59. The predicted molar refractivity (Wildman–Crippen MR) is 93.4 cm³/mol. The first-order valence-electron chi connectivity index (χ1n) is 5.99. The highest BCUT2D eigenvalue weighted by Gasteiger charge is 2.05. The van der Waals surface area contributed by atoms with E-state index >= 15 is 0 Å². The molecule has 0 saturated heterocycles. The quantitative estimate of drug-likeness (QED) is 0.748. The number of nitrogens with zero attached hydrogens (tertiary/aromatic N) is 3. The molecular formula is C14H15BrN4O2S. The predicted octanol–water partition coefficient (Wildman–Crippen LogP) is 3.11. The summed E-state index contributed by atoms with van der Waals surface area (Å²) in [5, 5.41) is 5.98. The van der Waals surface area contributed by atoms with E-state index < -0.39 is 0 Å². The first kappa shape index (κ1) is 18.0. The largest absolute Gasteiger partial charge is 0.481 e. The Morgan fingerprint density at radius 2 is 1.95 bits per heavy atom. The molecule has 0 fully saturated rings. The number of pyridine rings is 2. The molecule has 0 bridgehead atoms. The van der Waals surface area contributed by atoms with E-state index in [1.165, 1.54) is 11.3 Å². The van der Waals surface area contributed by atoms with Gasteiger partial charge in [-0.05, 0) is 18.2 Å². The number of anilines is 2. The molecule has 22 heavy (non-hydrogen) atoms. The standard InChI is InChI=1S/C14H12N4OS.BrH.H2O/c1-19-13-6-5-10(8-16-13)17-14-18-12(9-20-14)11-4-2-3-7-15-11;;/h2-9H,1H3,(H,17,18);1H;1H2. The van der Waals surface area contributed by atoms with Crippen LogP contribution in [0.25, 0.3) is 11.4 Å². The molecule has 3 rings (SSSR count). The molecule has 0 unspecified atom stereocenters. The van der Waals surface area contributed by atoms with Crippen LogP contribution >= 0.6 is 28.3 Å². The topological polar surface area (TPSA) is 91.4 Å². The second-order valence-electron chi connectivity index (χ2n) is 3.97. The lowest BCUT2D eigenvalue weighted by Gasteiger charge is -2.03. The molecule has 0 aliphatic rings.